The summed E-state index contributed by atoms with van der Waals surface area (Å²) >= 11 is 0. The number of nitrogens with two attached hydrogens (primary N) is 1. The van der Waals surface area contributed by atoms with Crippen LogP contribution in [0.1, 0.15) is 34.5 Å². The smallest absolute Gasteiger partial charge is 0.339 e. The highest BCUT2D eigenvalue weighted by molar-refractivity contribution is 5.94. The maximum Gasteiger partial charge on any atom is 0.339 e. The van der Waals surface area contributed by atoms with E-state index in [1.807, 2.05) is 38.1 Å². The topological polar surface area (TPSA) is 88.2 Å². The summed E-state index contributed by atoms with van der Waals surface area (Å²) in [6.07, 6.45) is 1.44. The molecule has 0 aliphatic rings. The summed E-state index contributed by atoms with van der Waals surface area (Å²) in [5, 5.41) is 12.3. The molecule has 0 radical (unpaired) electrons. The summed E-state index contributed by atoms with van der Waals surface area (Å²) in [5.41, 5.74) is 8.22. The first-order valence-corrected chi connectivity index (χ1v) is 6.30. The number of carboxylic acids is 1. The van der Waals surface area contributed by atoms with Crippen LogP contribution in [0.3, 0.4) is 0 Å². The van der Waals surface area contributed by atoms with E-state index in [-0.39, 0.29) is 11.6 Å². The van der Waals surface area contributed by atoms with E-state index in [0.717, 1.165) is 11.1 Å². The Kier molecular flexibility index (Phi) is 3.89. The number of nitrogen functional groups attached to an aromatic ring is 1. The summed E-state index contributed by atoms with van der Waals surface area (Å²) in [7, 11) is 0. The molecule has 20 heavy (non-hydrogen) atoms. The number of carbonyl (C=O) groups is 1. The summed E-state index contributed by atoms with van der Waals surface area (Å²) in [6, 6.07) is 9.30. The minimum Gasteiger partial charge on any atom is -0.478 e. The molecule has 2 aromatic rings. The van der Waals surface area contributed by atoms with Gasteiger partial charge in [0.2, 0.25) is 0 Å². The fourth-order valence-electron chi connectivity index (χ4n) is 2.11. The molecule has 5 nitrogen and oxygen atoms in total. The van der Waals surface area contributed by atoms with Crippen LogP contribution in [0.15, 0.2) is 36.5 Å². The van der Waals surface area contributed by atoms with Crippen LogP contribution >= 0.6 is 0 Å². The van der Waals surface area contributed by atoms with Gasteiger partial charge in [-0.15, -0.1) is 0 Å². The Hall–Kier alpha value is -2.56. The second-order valence-electron chi connectivity index (χ2n) is 4.69. The second-order valence-corrected chi connectivity index (χ2v) is 4.69. The number of carboxylic acid groups (broad SMARTS) is 1. The number of pyridine rings is 1. The first-order valence-electron chi connectivity index (χ1n) is 6.30. The Labute approximate surface area is 117 Å². The van der Waals surface area contributed by atoms with E-state index >= 15 is 0 Å². The maximum atomic E-state index is 11.2. The Morgan fingerprint density at radius 3 is 2.75 bits per heavy atom. The molecule has 0 amide bonds. The lowest BCUT2D eigenvalue weighted by Gasteiger charge is -2.18. The van der Waals surface area contributed by atoms with E-state index in [2.05, 4.69) is 10.3 Å². The average Bonchev–Trinajstić information content (AvgIpc) is 2.41. The van der Waals surface area contributed by atoms with E-state index in [1.165, 1.54) is 12.3 Å². The van der Waals surface area contributed by atoms with Crippen molar-refractivity contribution in [2.75, 3.05) is 11.1 Å². The average molecular weight is 271 g/mol. The molecule has 1 aromatic heterocycles. The third-order valence-electron chi connectivity index (χ3n) is 3.15. The van der Waals surface area contributed by atoms with Crippen molar-refractivity contribution >= 4 is 17.5 Å². The molecule has 0 saturated carbocycles. The van der Waals surface area contributed by atoms with Gasteiger partial charge in [0.1, 0.15) is 11.4 Å². The van der Waals surface area contributed by atoms with Gasteiger partial charge in [-0.05, 0) is 31.0 Å². The second kappa shape index (κ2) is 5.61. The lowest BCUT2D eigenvalue weighted by atomic mass is 10.0. The molecular weight excluding hydrogens is 254 g/mol. The first kappa shape index (κ1) is 13.9. The SMILES string of the molecule is Cc1ccccc1C(C)Nc1ncc(N)cc1C(=O)O. The zero-order valence-corrected chi connectivity index (χ0v) is 11.4. The Morgan fingerprint density at radius 2 is 2.10 bits per heavy atom. The van der Waals surface area contributed by atoms with Gasteiger partial charge in [0, 0.05) is 0 Å². The van der Waals surface area contributed by atoms with Gasteiger partial charge in [-0.25, -0.2) is 9.78 Å². The Morgan fingerprint density at radius 1 is 1.40 bits per heavy atom. The fourth-order valence-corrected chi connectivity index (χ4v) is 2.11. The number of nitrogens with zero attached hydrogens (tertiary/aromatic N) is 1. The van der Waals surface area contributed by atoms with Crippen LogP contribution in [0.5, 0.6) is 0 Å². The summed E-state index contributed by atoms with van der Waals surface area (Å²) < 4.78 is 0. The summed E-state index contributed by atoms with van der Waals surface area (Å²) in [6.45, 7) is 3.98. The van der Waals surface area contributed by atoms with Gasteiger partial charge >= 0.3 is 5.97 Å². The lowest BCUT2D eigenvalue weighted by molar-refractivity contribution is 0.0697. The maximum absolute atomic E-state index is 11.2. The quantitative estimate of drug-likeness (QED) is 0.795. The number of aromatic nitrogens is 1. The Bertz CT molecular complexity index is 641. The molecule has 5 heteroatoms. The molecule has 1 unspecified atom stereocenters. The van der Waals surface area contributed by atoms with Crippen LogP contribution in [-0.4, -0.2) is 16.1 Å². The van der Waals surface area contributed by atoms with E-state index in [4.69, 9.17) is 5.73 Å². The van der Waals surface area contributed by atoms with Crippen molar-refractivity contribution in [3.8, 4) is 0 Å². The zero-order chi connectivity index (χ0) is 14.7. The van der Waals surface area contributed by atoms with Crippen molar-refractivity contribution in [2.24, 2.45) is 0 Å². The molecule has 0 aliphatic carbocycles. The summed E-state index contributed by atoms with van der Waals surface area (Å²) in [5.74, 6) is -0.730. The third-order valence-corrected chi connectivity index (χ3v) is 3.15. The lowest BCUT2D eigenvalue weighted by Crippen LogP contribution is -2.13. The van der Waals surface area contributed by atoms with Crippen LogP contribution < -0.4 is 11.1 Å². The van der Waals surface area contributed by atoms with E-state index < -0.39 is 5.97 Å². The highest BCUT2D eigenvalue weighted by Gasteiger charge is 2.15. The standard InChI is InChI=1S/C15H17N3O2/c1-9-5-3-4-6-12(9)10(2)18-14-13(15(19)20)7-11(16)8-17-14/h3-8,10H,16H2,1-2H3,(H,17,18)(H,19,20). The highest BCUT2D eigenvalue weighted by Crippen LogP contribution is 2.24. The molecule has 0 saturated heterocycles. The molecular formula is C15H17N3O2. The van der Waals surface area contributed by atoms with Crippen LogP contribution in [-0.2, 0) is 0 Å². The monoisotopic (exact) mass is 271 g/mol. The third kappa shape index (κ3) is 2.88. The highest BCUT2D eigenvalue weighted by atomic mass is 16.4. The molecule has 104 valence electrons. The minimum absolute atomic E-state index is 0.0505. The van der Waals surface area contributed by atoms with Crippen molar-refractivity contribution in [3.63, 3.8) is 0 Å². The van der Waals surface area contributed by atoms with Gasteiger partial charge in [0.05, 0.1) is 17.9 Å². The number of hydrogen-bond acceptors (Lipinski definition) is 4. The molecule has 4 N–H and O–H groups in total. The normalized spacial score (nSPS) is 11.9. The number of aryl methyl sites for hydroxylation is 1. The zero-order valence-electron chi connectivity index (χ0n) is 11.4. The summed E-state index contributed by atoms with van der Waals surface area (Å²) in [4.78, 5) is 15.3. The van der Waals surface area contributed by atoms with Crippen molar-refractivity contribution in [1.29, 1.82) is 0 Å². The number of aromatic carboxylic acids is 1. The number of nitrogens with one attached hydrogen (secondary N) is 1. The molecule has 2 rings (SSSR count). The minimum atomic E-state index is -1.05. The molecule has 0 fully saturated rings. The van der Waals surface area contributed by atoms with Crippen LogP contribution in [0, 0.1) is 6.92 Å². The van der Waals surface area contributed by atoms with Gasteiger partial charge in [-0.2, -0.15) is 0 Å². The van der Waals surface area contributed by atoms with Crippen molar-refractivity contribution in [1.82, 2.24) is 4.98 Å². The van der Waals surface area contributed by atoms with Gasteiger partial charge in [0.15, 0.2) is 0 Å². The van der Waals surface area contributed by atoms with Gasteiger partial charge in [-0.1, -0.05) is 24.3 Å². The number of anilines is 2. The van der Waals surface area contributed by atoms with Crippen LogP contribution in [0.4, 0.5) is 11.5 Å². The number of rotatable bonds is 4. The molecule has 1 heterocycles. The number of benzene rings is 1. The van der Waals surface area contributed by atoms with Gasteiger partial charge in [-0.3, -0.25) is 0 Å². The van der Waals surface area contributed by atoms with Gasteiger partial charge < -0.3 is 16.2 Å². The van der Waals surface area contributed by atoms with Crippen molar-refractivity contribution in [3.05, 3.63) is 53.2 Å². The van der Waals surface area contributed by atoms with Crippen LogP contribution in [0.25, 0.3) is 0 Å². The van der Waals surface area contributed by atoms with Gasteiger partial charge in [0.25, 0.3) is 0 Å². The predicted molar refractivity (Wildman–Crippen MR) is 78.8 cm³/mol. The van der Waals surface area contributed by atoms with Crippen LogP contribution in [0.2, 0.25) is 0 Å². The molecule has 1 aromatic carbocycles. The first-order chi connectivity index (χ1) is 9.49. The van der Waals surface area contributed by atoms with E-state index in [9.17, 15) is 9.90 Å². The predicted octanol–water partition coefficient (Wildman–Crippen LogP) is 2.84. The fraction of sp³-hybridized carbons (Fsp3) is 0.200. The number of hydrogen-bond donors (Lipinski definition) is 3. The molecule has 0 aliphatic heterocycles. The van der Waals surface area contributed by atoms with E-state index in [0.29, 0.717) is 11.5 Å². The van der Waals surface area contributed by atoms with Crippen molar-refractivity contribution in [2.45, 2.75) is 19.9 Å². The van der Waals surface area contributed by atoms with Crippen molar-refractivity contribution < 1.29 is 9.90 Å². The molecule has 0 bridgehead atoms. The molecule has 0 spiro atoms. The molecule has 1 atom stereocenters. The Balaban J connectivity index is 2.31. The largest absolute Gasteiger partial charge is 0.478 e. The van der Waals surface area contributed by atoms with E-state index in [1.54, 1.807) is 0 Å².